The zero-order chi connectivity index (χ0) is 22.7. The molecule has 0 aliphatic heterocycles. The third kappa shape index (κ3) is 4.65. The quantitative estimate of drug-likeness (QED) is 0.392. The molecule has 4 aromatic rings. The van der Waals surface area contributed by atoms with Gasteiger partial charge in [0.2, 0.25) is 0 Å². The molecule has 0 fully saturated rings. The number of aromatic nitrogens is 2. The lowest BCUT2D eigenvalue weighted by Crippen LogP contribution is -2.15. The number of para-hydroxylation sites is 2. The molecule has 0 aliphatic rings. The molecule has 0 aliphatic carbocycles. The number of halogens is 2. The highest BCUT2D eigenvalue weighted by Gasteiger charge is 2.20. The van der Waals surface area contributed by atoms with Gasteiger partial charge in [0, 0.05) is 18.7 Å². The molecule has 0 radical (unpaired) electrons. The summed E-state index contributed by atoms with van der Waals surface area (Å²) in [5, 5.41) is 0. The van der Waals surface area contributed by atoms with Crippen LogP contribution in [-0.4, -0.2) is 18.0 Å². The minimum Gasteiger partial charge on any atom is -0.328 e. The average Bonchev–Trinajstić information content (AvgIpc) is 3.12. The Morgan fingerprint density at radius 2 is 1.72 bits per heavy atom. The minimum absolute atomic E-state index is 0.274. The van der Waals surface area contributed by atoms with E-state index in [1.807, 2.05) is 30.3 Å². The van der Waals surface area contributed by atoms with E-state index in [9.17, 15) is 17.2 Å². The molecule has 0 amide bonds. The van der Waals surface area contributed by atoms with Crippen molar-refractivity contribution in [3.05, 3.63) is 89.8 Å². The van der Waals surface area contributed by atoms with E-state index in [-0.39, 0.29) is 5.69 Å². The van der Waals surface area contributed by atoms with Gasteiger partial charge < -0.3 is 4.57 Å². The van der Waals surface area contributed by atoms with Crippen LogP contribution >= 0.6 is 0 Å². The molecule has 0 atom stereocenters. The second-order valence-corrected chi connectivity index (χ2v) is 9.20. The summed E-state index contributed by atoms with van der Waals surface area (Å²) >= 11 is 0. The Hall–Kier alpha value is -3.26. The summed E-state index contributed by atoms with van der Waals surface area (Å²) in [6, 6.07) is 17.2. The number of benzene rings is 3. The third-order valence-corrected chi connectivity index (χ3v) is 6.60. The molecular formula is C24H23F2N3O2S. The first-order chi connectivity index (χ1) is 15.4. The van der Waals surface area contributed by atoms with Crippen LogP contribution in [0.4, 0.5) is 14.5 Å². The Labute approximate surface area is 185 Å². The van der Waals surface area contributed by atoms with Crippen LogP contribution in [0.5, 0.6) is 0 Å². The van der Waals surface area contributed by atoms with E-state index in [4.69, 9.17) is 4.98 Å². The predicted octanol–water partition coefficient (Wildman–Crippen LogP) is 5.31. The van der Waals surface area contributed by atoms with Crippen LogP contribution in [0.2, 0.25) is 0 Å². The van der Waals surface area contributed by atoms with Crippen molar-refractivity contribution in [1.82, 2.24) is 9.55 Å². The van der Waals surface area contributed by atoms with E-state index in [2.05, 4.69) is 22.3 Å². The van der Waals surface area contributed by atoms with Crippen LogP contribution in [0.1, 0.15) is 24.7 Å². The Morgan fingerprint density at radius 1 is 0.969 bits per heavy atom. The summed E-state index contributed by atoms with van der Waals surface area (Å²) in [7, 11) is -4.24. The Kier molecular flexibility index (Phi) is 6.23. The van der Waals surface area contributed by atoms with Gasteiger partial charge >= 0.3 is 0 Å². The highest BCUT2D eigenvalue weighted by molar-refractivity contribution is 7.92. The van der Waals surface area contributed by atoms with Crippen LogP contribution in [0, 0.1) is 11.6 Å². The van der Waals surface area contributed by atoms with Gasteiger partial charge in [0.15, 0.2) is 0 Å². The molecule has 1 aromatic heterocycles. The van der Waals surface area contributed by atoms with Gasteiger partial charge in [0.25, 0.3) is 10.0 Å². The van der Waals surface area contributed by atoms with Crippen LogP contribution in [0.3, 0.4) is 0 Å². The van der Waals surface area contributed by atoms with Crippen molar-refractivity contribution in [3.63, 3.8) is 0 Å². The van der Waals surface area contributed by atoms with Crippen molar-refractivity contribution in [3.8, 4) is 0 Å². The summed E-state index contributed by atoms with van der Waals surface area (Å²) in [4.78, 5) is 4.04. The molecule has 3 aromatic carbocycles. The monoisotopic (exact) mass is 455 g/mol. The molecule has 1 N–H and O–H groups in total. The number of fused-ring (bicyclic) bond motifs is 1. The summed E-state index contributed by atoms with van der Waals surface area (Å²) in [6.45, 7) is 3.03. The summed E-state index contributed by atoms with van der Waals surface area (Å²) < 4.78 is 56.6. The fourth-order valence-corrected chi connectivity index (χ4v) is 4.83. The van der Waals surface area contributed by atoms with Crippen LogP contribution in [0.15, 0.2) is 71.6 Å². The summed E-state index contributed by atoms with van der Waals surface area (Å²) in [5.74, 6) is -0.818. The Balaban J connectivity index is 1.47. The maximum Gasteiger partial charge on any atom is 0.264 e. The molecule has 0 unspecified atom stereocenters. The standard InChI is InChI=1S/C24H23F2N3O2S/c1-2-15-29-22-6-4-3-5-21(22)27-24(29)14-9-17-7-11-19(12-8-17)28-32(30,31)23-16-18(25)10-13-20(23)26/h3-8,10-13,16,28H,2,9,14-15H2,1H3. The van der Waals surface area contributed by atoms with Gasteiger partial charge in [-0.3, -0.25) is 4.72 Å². The summed E-state index contributed by atoms with van der Waals surface area (Å²) in [6.07, 6.45) is 2.49. The fraction of sp³-hybridized carbons (Fsp3) is 0.208. The Bertz CT molecular complexity index is 1350. The van der Waals surface area contributed by atoms with Crippen molar-refractivity contribution in [2.24, 2.45) is 0 Å². The maximum atomic E-state index is 13.9. The van der Waals surface area contributed by atoms with Gasteiger partial charge in [0.05, 0.1) is 11.0 Å². The van der Waals surface area contributed by atoms with Crippen molar-refractivity contribution in [1.29, 1.82) is 0 Å². The van der Waals surface area contributed by atoms with Crippen molar-refractivity contribution in [2.75, 3.05) is 4.72 Å². The van der Waals surface area contributed by atoms with Gasteiger partial charge in [0.1, 0.15) is 22.4 Å². The van der Waals surface area contributed by atoms with Crippen molar-refractivity contribution in [2.45, 2.75) is 37.6 Å². The fourth-order valence-electron chi connectivity index (χ4n) is 3.68. The van der Waals surface area contributed by atoms with Gasteiger partial charge in [-0.25, -0.2) is 22.2 Å². The van der Waals surface area contributed by atoms with Gasteiger partial charge in [-0.2, -0.15) is 0 Å². The first-order valence-electron chi connectivity index (χ1n) is 10.4. The molecule has 32 heavy (non-hydrogen) atoms. The number of hydrogen-bond donors (Lipinski definition) is 1. The SMILES string of the molecule is CCCn1c(CCc2ccc(NS(=O)(=O)c3cc(F)ccc3F)cc2)nc2ccccc21. The number of hydrogen-bond acceptors (Lipinski definition) is 3. The number of nitrogens with zero attached hydrogens (tertiary/aromatic N) is 2. The zero-order valence-corrected chi connectivity index (χ0v) is 18.4. The maximum absolute atomic E-state index is 13.9. The van der Waals surface area contributed by atoms with Gasteiger partial charge in [-0.1, -0.05) is 31.2 Å². The molecule has 1 heterocycles. The van der Waals surface area contributed by atoms with E-state index in [1.165, 1.54) is 0 Å². The first kappa shape index (κ1) is 22.0. The van der Waals surface area contributed by atoms with E-state index < -0.39 is 26.6 Å². The van der Waals surface area contributed by atoms with Crippen LogP contribution in [0.25, 0.3) is 11.0 Å². The highest BCUT2D eigenvalue weighted by Crippen LogP contribution is 2.22. The zero-order valence-electron chi connectivity index (χ0n) is 17.6. The second kappa shape index (κ2) is 9.08. The van der Waals surface area contributed by atoms with Gasteiger partial charge in [-0.15, -0.1) is 0 Å². The van der Waals surface area contributed by atoms with Crippen LogP contribution in [-0.2, 0) is 29.4 Å². The van der Waals surface area contributed by atoms with Crippen molar-refractivity contribution >= 4 is 26.7 Å². The molecule has 8 heteroatoms. The largest absolute Gasteiger partial charge is 0.328 e. The van der Waals surface area contributed by atoms with Crippen molar-refractivity contribution < 1.29 is 17.2 Å². The average molecular weight is 456 g/mol. The second-order valence-electron chi connectivity index (χ2n) is 7.55. The molecule has 166 valence electrons. The Morgan fingerprint density at radius 3 is 2.47 bits per heavy atom. The molecule has 0 bridgehead atoms. The molecule has 0 spiro atoms. The minimum atomic E-state index is -4.24. The summed E-state index contributed by atoms with van der Waals surface area (Å²) in [5.41, 5.74) is 3.39. The molecule has 4 rings (SSSR count). The lowest BCUT2D eigenvalue weighted by atomic mass is 10.1. The molecule has 5 nitrogen and oxygen atoms in total. The number of nitrogens with one attached hydrogen (secondary N) is 1. The van der Waals surface area contributed by atoms with E-state index >= 15 is 0 Å². The third-order valence-electron chi connectivity index (χ3n) is 5.21. The first-order valence-corrected chi connectivity index (χ1v) is 11.9. The number of sulfonamides is 1. The molecule has 0 saturated heterocycles. The number of imidazole rings is 1. The molecule has 0 saturated carbocycles. The lowest BCUT2D eigenvalue weighted by Gasteiger charge is -2.10. The predicted molar refractivity (Wildman–Crippen MR) is 121 cm³/mol. The molecular weight excluding hydrogens is 432 g/mol. The van der Waals surface area contributed by atoms with E-state index in [1.54, 1.807) is 12.1 Å². The normalized spacial score (nSPS) is 11.7. The van der Waals surface area contributed by atoms with E-state index in [0.29, 0.717) is 6.07 Å². The number of rotatable bonds is 8. The lowest BCUT2D eigenvalue weighted by molar-refractivity contribution is 0.555. The van der Waals surface area contributed by atoms with Crippen LogP contribution < -0.4 is 4.72 Å². The number of anilines is 1. The topological polar surface area (TPSA) is 64.0 Å². The van der Waals surface area contributed by atoms with E-state index in [0.717, 1.165) is 60.4 Å². The van der Waals surface area contributed by atoms with Gasteiger partial charge in [-0.05, 0) is 60.9 Å². The smallest absolute Gasteiger partial charge is 0.264 e. The number of aryl methyl sites for hydroxylation is 3. The highest BCUT2D eigenvalue weighted by atomic mass is 32.2.